The van der Waals surface area contributed by atoms with Gasteiger partial charge in [-0.25, -0.2) is 19.7 Å². The number of carbonyl (C=O) groups excluding carboxylic acids is 3. The number of aromatic nitrogens is 4. The van der Waals surface area contributed by atoms with Crippen LogP contribution < -0.4 is 20.3 Å². The van der Waals surface area contributed by atoms with Gasteiger partial charge in [0.25, 0.3) is 5.91 Å². The maximum atomic E-state index is 13.3. The molecule has 196 valence electrons. The summed E-state index contributed by atoms with van der Waals surface area (Å²) >= 11 is 1.20. The van der Waals surface area contributed by atoms with E-state index in [1.54, 1.807) is 47.6 Å². The zero-order chi connectivity index (χ0) is 26.9. The number of rotatable bonds is 6. The predicted octanol–water partition coefficient (Wildman–Crippen LogP) is 3.86. The van der Waals surface area contributed by atoms with Gasteiger partial charge in [0.15, 0.2) is 0 Å². The third-order valence-corrected chi connectivity index (χ3v) is 7.51. The predicted molar refractivity (Wildman–Crippen MR) is 144 cm³/mol. The summed E-state index contributed by atoms with van der Waals surface area (Å²) in [5.41, 5.74) is 0.971. The van der Waals surface area contributed by atoms with Crippen LogP contribution in [0.5, 0.6) is 11.6 Å². The molecule has 0 spiro atoms. The van der Waals surface area contributed by atoms with Gasteiger partial charge >= 0.3 is 6.03 Å². The van der Waals surface area contributed by atoms with Gasteiger partial charge in [-0.05, 0) is 43.2 Å². The van der Waals surface area contributed by atoms with Crippen molar-refractivity contribution in [3.05, 3.63) is 66.5 Å². The van der Waals surface area contributed by atoms with Crippen molar-refractivity contribution < 1.29 is 19.1 Å². The van der Waals surface area contributed by atoms with Crippen molar-refractivity contribution in [2.24, 2.45) is 0 Å². The zero-order valence-corrected chi connectivity index (χ0v) is 21.4. The lowest BCUT2D eigenvalue weighted by Gasteiger charge is -2.32. The van der Waals surface area contributed by atoms with Crippen molar-refractivity contribution in [2.45, 2.75) is 18.9 Å². The number of amides is 4. The molecule has 13 heteroatoms. The van der Waals surface area contributed by atoms with Gasteiger partial charge in [-0.3, -0.25) is 9.59 Å². The third-order valence-electron chi connectivity index (χ3n) is 6.42. The first-order valence-electron chi connectivity index (χ1n) is 12.2. The number of nitrogens with one attached hydrogen (secondary N) is 2. The number of ether oxygens (including phenoxy) is 1. The van der Waals surface area contributed by atoms with Crippen molar-refractivity contribution in [3.8, 4) is 11.6 Å². The van der Waals surface area contributed by atoms with Crippen molar-refractivity contribution in [1.29, 1.82) is 0 Å². The molecule has 0 saturated carbocycles. The van der Waals surface area contributed by atoms with Gasteiger partial charge < -0.3 is 20.3 Å². The monoisotopic (exact) mass is 542 g/mol. The Morgan fingerprint density at radius 2 is 2.10 bits per heavy atom. The summed E-state index contributed by atoms with van der Waals surface area (Å²) < 4.78 is 5.65. The Labute approximate surface area is 226 Å². The maximum absolute atomic E-state index is 13.3. The molecular formula is C26H22N8O4S. The highest BCUT2D eigenvalue weighted by molar-refractivity contribution is 7.21. The van der Waals surface area contributed by atoms with E-state index < -0.39 is 6.03 Å². The van der Waals surface area contributed by atoms with E-state index in [0.29, 0.717) is 57.0 Å². The van der Waals surface area contributed by atoms with Crippen molar-refractivity contribution in [1.82, 2.24) is 30.4 Å². The van der Waals surface area contributed by atoms with Gasteiger partial charge in [-0.1, -0.05) is 6.58 Å². The molecule has 2 aliphatic heterocycles. The Morgan fingerprint density at radius 3 is 2.87 bits per heavy atom. The molecule has 0 radical (unpaired) electrons. The normalized spacial score (nSPS) is 16.5. The van der Waals surface area contributed by atoms with E-state index in [9.17, 15) is 14.4 Å². The Morgan fingerprint density at radius 1 is 1.21 bits per heavy atom. The van der Waals surface area contributed by atoms with Gasteiger partial charge in [0, 0.05) is 37.6 Å². The number of pyridine rings is 2. The molecule has 4 aromatic heterocycles. The smallest absolute Gasteiger partial charge is 0.332 e. The number of hydrogen-bond donors (Lipinski definition) is 2. The highest BCUT2D eigenvalue weighted by atomic mass is 32.1. The second-order valence-corrected chi connectivity index (χ2v) is 9.90. The van der Waals surface area contributed by atoms with Crippen LogP contribution in [0.15, 0.2) is 61.6 Å². The average molecular weight is 543 g/mol. The van der Waals surface area contributed by atoms with Gasteiger partial charge in [0.1, 0.15) is 21.3 Å². The highest BCUT2D eigenvalue weighted by Crippen LogP contribution is 2.45. The first kappa shape index (κ1) is 24.4. The lowest BCUT2D eigenvalue weighted by atomic mass is 10.1. The Bertz CT molecular complexity index is 1590. The van der Waals surface area contributed by atoms with Crippen molar-refractivity contribution in [3.63, 3.8) is 0 Å². The molecule has 1 unspecified atom stereocenters. The molecule has 0 aromatic carbocycles. The maximum Gasteiger partial charge on any atom is 0.332 e. The van der Waals surface area contributed by atoms with Gasteiger partial charge in [-0.15, -0.1) is 16.4 Å². The number of carbonyl (C=O) groups is 3. The molecule has 0 bridgehead atoms. The number of likely N-dealkylation sites (tertiary alicyclic amines) is 1. The Hall–Kier alpha value is -4.91. The molecule has 12 nitrogen and oxygen atoms in total. The lowest BCUT2D eigenvalue weighted by Crippen LogP contribution is -2.49. The minimum atomic E-state index is -0.460. The largest absolute Gasteiger partial charge is 0.436 e. The summed E-state index contributed by atoms with van der Waals surface area (Å²) in [6, 6.07) is 7.75. The summed E-state index contributed by atoms with van der Waals surface area (Å²) in [5, 5.41) is 14.2. The van der Waals surface area contributed by atoms with Gasteiger partial charge in [-0.2, -0.15) is 5.10 Å². The highest BCUT2D eigenvalue weighted by Gasteiger charge is 2.34. The van der Waals surface area contributed by atoms with E-state index >= 15 is 0 Å². The van der Waals surface area contributed by atoms with Crippen LogP contribution in [0.1, 0.15) is 22.5 Å². The summed E-state index contributed by atoms with van der Waals surface area (Å²) in [6.45, 7) is 4.58. The van der Waals surface area contributed by atoms with E-state index in [0.717, 1.165) is 12.8 Å². The second-order valence-electron chi connectivity index (χ2n) is 8.90. The number of thiophene rings is 1. The number of urea groups is 1. The molecule has 1 atom stereocenters. The summed E-state index contributed by atoms with van der Waals surface area (Å²) in [5.74, 6) is 0.634. The number of nitrogens with zero attached hydrogens (tertiary/aromatic N) is 6. The lowest BCUT2D eigenvalue weighted by molar-refractivity contribution is -0.127. The molecule has 1 fully saturated rings. The standard InChI is InChI=1S/C26H22N8O4S/c1-2-20(35)33-12-4-5-15(14-33)30-24(36)23-22-21-17(9-11-27-25(21)39-23)34(26(37)31-22)18-8-7-16(13-28-18)38-19-6-3-10-29-32-19/h2-3,6-11,13,15H,1,4-5,12,14H2,(H,30,36)(H,31,37). The molecule has 2 aliphatic rings. The van der Waals surface area contributed by atoms with E-state index in [4.69, 9.17) is 4.74 Å². The van der Waals surface area contributed by atoms with Gasteiger partial charge in [0.05, 0.1) is 23.0 Å². The Balaban J connectivity index is 1.27. The minimum absolute atomic E-state index is 0.158. The fourth-order valence-electron chi connectivity index (χ4n) is 4.67. The molecule has 1 saturated heterocycles. The molecule has 39 heavy (non-hydrogen) atoms. The summed E-state index contributed by atoms with van der Waals surface area (Å²) in [6.07, 6.45) is 7.43. The zero-order valence-electron chi connectivity index (χ0n) is 20.5. The summed E-state index contributed by atoms with van der Waals surface area (Å²) in [7, 11) is 0. The van der Waals surface area contributed by atoms with Crippen LogP contribution in [0.4, 0.5) is 22.0 Å². The molecule has 2 N–H and O–H groups in total. The molecule has 0 aliphatic carbocycles. The summed E-state index contributed by atoms with van der Waals surface area (Å²) in [4.78, 5) is 51.6. The first-order chi connectivity index (χ1) is 19.0. The van der Waals surface area contributed by atoms with Crippen molar-refractivity contribution in [2.75, 3.05) is 23.3 Å². The van der Waals surface area contributed by atoms with Crippen LogP contribution in [0.25, 0.3) is 10.2 Å². The molecule has 4 aromatic rings. The fourth-order valence-corrected chi connectivity index (χ4v) is 5.70. The number of piperidine rings is 1. The van der Waals surface area contributed by atoms with Crippen LogP contribution in [0, 0.1) is 0 Å². The topological polar surface area (TPSA) is 143 Å². The van der Waals surface area contributed by atoms with Crippen LogP contribution in [-0.4, -0.2) is 62.0 Å². The van der Waals surface area contributed by atoms with E-state index in [2.05, 4.69) is 37.4 Å². The first-order valence-corrected chi connectivity index (χ1v) is 13.0. The van der Waals surface area contributed by atoms with Crippen LogP contribution in [-0.2, 0) is 4.79 Å². The molecule has 6 heterocycles. The fraction of sp³-hybridized carbons (Fsp3) is 0.192. The van der Waals surface area contributed by atoms with Crippen LogP contribution in [0.3, 0.4) is 0 Å². The van der Waals surface area contributed by atoms with Crippen LogP contribution in [0.2, 0.25) is 0 Å². The van der Waals surface area contributed by atoms with E-state index in [1.165, 1.54) is 28.5 Å². The molecule has 6 rings (SSSR count). The Kier molecular flexibility index (Phi) is 6.32. The third kappa shape index (κ3) is 4.63. The van der Waals surface area contributed by atoms with E-state index in [-0.39, 0.29) is 17.9 Å². The SMILES string of the molecule is C=CC(=O)N1CCCC(NC(=O)c2sc3nccc4c3c2NC(=O)N4c2ccc(Oc3cccnn3)cn2)C1. The number of anilines is 3. The van der Waals surface area contributed by atoms with Crippen molar-refractivity contribution >= 4 is 56.6 Å². The quantitative estimate of drug-likeness (QED) is 0.350. The average Bonchev–Trinajstić information content (AvgIpc) is 3.33. The second kappa shape index (κ2) is 10.1. The minimum Gasteiger partial charge on any atom is -0.436 e. The van der Waals surface area contributed by atoms with Gasteiger partial charge in [0.2, 0.25) is 11.8 Å². The number of hydrogen-bond acceptors (Lipinski definition) is 9. The van der Waals surface area contributed by atoms with E-state index in [1.807, 2.05) is 0 Å². The molecule has 4 amide bonds. The molecular weight excluding hydrogens is 520 g/mol. The van der Waals surface area contributed by atoms with Crippen LogP contribution >= 0.6 is 11.3 Å².